The molecule has 3 rings (SSSR count). The predicted molar refractivity (Wildman–Crippen MR) is 87.4 cm³/mol. The Hall–Kier alpha value is -1.92. The summed E-state index contributed by atoms with van der Waals surface area (Å²) in [6.07, 6.45) is 0.381. The van der Waals surface area contributed by atoms with Crippen LogP contribution in [0.3, 0.4) is 0 Å². The van der Waals surface area contributed by atoms with Gasteiger partial charge in [0.1, 0.15) is 11.3 Å². The number of fused-ring (bicyclic) bond motifs is 1. The van der Waals surface area contributed by atoms with Crippen LogP contribution in [0, 0.1) is 0 Å². The number of thiazole rings is 1. The second-order valence-corrected chi connectivity index (χ2v) is 6.42. The van der Waals surface area contributed by atoms with Gasteiger partial charge in [0.2, 0.25) is 5.91 Å². The Morgan fingerprint density at radius 3 is 3.00 bits per heavy atom. The average molecular weight is 318 g/mol. The van der Waals surface area contributed by atoms with Crippen molar-refractivity contribution in [2.45, 2.75) is 13.3 Å². The van der Waals surface area contributed by atoms with Crippen molar-refractivity contribution in [3.8, 4) is 5.75 Å². The number of benzene rings is 1. The highest BCUT2D eigenvalue weighted by molar-refractivity contribution is 7.22. The summed E-state index contributed by atoms with van der Waals surface area (Å²) in [6, 6.07) is 9.70. The molecule has 0 saturated carbocycles. The minimum atomic E-state index is -0.0468. The second-order valence-electron chi connectivity index (χ2n) is 4.36. The van der Waals surface area contributed by atoms with Gasteiger partial charge in [-0.1, -0.05) is 23.5 Å². The molecule has 6 heteroatoms. The maximum atomic E-state index is 12.0. The maximum Gasteiger partial charge on any atom is 0.231 e. The lowest BCUT2D eigenvalue weighted by atomic mass is 10.3. The van der Waals surface area contributed by atoms with Crippen LogP contribution >= 0.6 is 22.7 Å². The normalized spacial score (nSPS) is 10.7. The number of thiophene rings is 1. The molecule has 0 bridgehead atoms. The van der Waals surface area contributed by atoms with Crippen LogP contribution in [0.15, 0.2) is 35.7 Å². The van der Waals surface area contributed by atoms with E-state index in [1.807, 2.05) is 42.6 Å². The van der Waals surface area contributed by atoms with Gasteiger partial charge in [0, 0.05) is 4.88 Å². The first-order valence-electron chi connectivity index (χ1n) is 6.61. The van der Waals surface area contributed by atoms with Gasteiger partial charge in [-0.3, -0.25) is 4.79 Å². The van der Waals surface area contributed by atoms with E-state index in [-0.39, 0.29) is 5.91 Å². The summed E-state index contributed by atoms with van der Waals surface area (Å²) in [7, 11) is 0. The monoisotopic (exact) mass is 318 g/mol. The first-order chi connectivity index (χ1) is 10.3. The SMILES string of the molecule is CCOc1cccc2sc(NC(=O)Cc3cccs3)nc12. The number of aromatic nitrogens is 1. The first kappa shape index (κ1) is 14.0. The van der Waals surface area contributed by atoms with Crippen molar-refractivity contribution >= 4 is 43.9 Å². The number of para-hydroxylation sites is 1. The Kier molecular flexibility index (Phi) is 4.17. The molecule has 1 N–H and O–H groups in total. The molecule has 0 spiro atoms. The molecular weight excluding hydrogens is 304 g/mol. The molecule has 2 aromatic heterocycles. The van der Waals surface area contributed by atoms with E-state index in [9.17, 15) is 4.79 Å². The summed E-state index contributed by atoms with van der Waals surface area (Å²) in [5.74, 6) is 0.708. The molecule has 0 aliphatic rings. The van der Waals surface area contributed by atoms with E-state index in [4.69, 9.17) is 4.74 Å². The van der Waals surface area contributed by atoms with Crippen LogP contribution in [0.2, 0.25) is 0 Å². The van der Waals surface area contributed by atoms with E-state index in [2.05, 4.69) is 10.3 Å². The van der Waals surface area contributed by atoms with E-state index in [1.165, 1.54) is 11.3 Å². The Morgan fingerprint density at radius 2 is 2.24 bits per heavy atom. The summed E-state index contributed by atoms with van der Waals surface area (Å²) in [5.41, 5.74) is 0.802. The van der Waals surface area contributed by atoms with Crippen LogP contribution in [0.5, 0.6) is 5.75 Å². The molecule has 4 nitrogen and oxygen atoms in total. The summed E-state index contributed by atoms with van der Waals surface area (Å²) < 4.78 is 6.56. The number of carbonyl (C=O) groups excluding carboxylic acids is 1. The van der Waals surface area contributed by atoms with E-state index >= 15 is 0 Å². The zero-order chi connectivity index (χ0) is 14.7. The van der Waals surface area contributed by atoms with Crippen molar-refractivity contribution in [1.82, 2.24) is 4.98 Å². The molecule has 3 aromatic rings. The summed E-state index contributed by atoms with van der Waals surface area (Å²) in [5, 5.41) is 5.44. The zero-order valence-corrected chi connectivity index (χ0v) is 13.1. The van der Waals surface area contributed by atoms with Gasteiger partial charge in [-0.2, -0.15) is 0 Å². The fourth-order valence-electron chi connectivity index (χ4n) is 1.98. The minimum absolute atomic E-state index is 0.0468. The van der Waals surface area contributed by atoms with Gasteiger partial charge >= 0.3 is 0 Å². The van der Waals surface area contributed by atoms with Gasteiger partial charge in [0.15, 0.2) is 5.13 Å². The quantitative estimate of drug-likeness (QED) is 0.775. The number of nitrogens with one attached hydrogen (secondary N) is 1. The highest BCUT2D eigenvalue weighted by Gasteiger charge is 2.11. The minimum Gasteiger partial charge on any atom is -0.492 e. The summed E-state index contributed by atoms with van der Waals surface area (Å²) >= 11 is 3.04. The van der Waals surface area contributed by atoms with E-state index in [0.717, 1.165) is 20.8 Å². The Morgan fingerprint density at radius 1 is 1.33 bits per heavy atom. The smallest absolute Gasteiger partial charge is 0.231 e. The molecule has 21 heavy (non-hydrogen) atoms. The Bertz CT molecular complexity index is 750. The Labute approximate surface area is 130 Å². The third kappa shape index (κ3) is 3.22. The molecule has 0 radical (unpaired) electrons. The highest BCUT2D eigenvalue weighted by Crippen LogP contribution is 2.32. The van der Waals surface area contributed by atoms with Crippen molar-refractivity contribution in [2.75, 3.05) is 11.9 Å². The average Bonchev–Trinajstić information content (AvgIpc) is 3.08. The molecule has 0 saturated heterocycles. The number of nitrogens with zero attached hydrogens (tertiary/aromatic N) is 1. The van der Waals surface area contributed by atoms with E-state index < -0.39 is 0 Å². The van der Waals surface area contributed by atoms with E-state index in [1.54, 1.807) is 11.3 Å². The zero-order valence-electron chi connectivity index (χ0n) is 11.5. The molecule has 0 atom stereocenters. The number of hydrogen-bond acceptors (Lipinski definition) is 5. The lowest BCUT2D eigenvalue weighted by Crippen LogP contribution is -2.13. The molecule has 0 unspecified atom stereocenters. The third-order valence-electron chi connectivity index (χ3n) is 2.84. The number of rotatable bonds is 5. The van der Waals surface area contributed by atoms with Crippen LogP contribution in [-0.2, 0) is 11.2 Å². The molecule has 108 valence electrons. The molecular formula is C15H14N2O2S2. The number of carbonyl (C=O) groups is 1. The number of amides is 1. The van der Waals surface area contributed by atoms with Crippen molar-refractivity contribution < 1.29 is 9.53 Å². The van der Waals surface area contributed by atoms with Gasteiger partial charge in [-0.05, 0) is 30.5 Å². The molecule has 0 aliphatic carbocycles. The van der Waals surface area contributed by atoms with Crippen LogP contribution in [0.25, 0.3) is 10.2 Å². The maximum absolute atomic E-state index is 12.0. The lowest BCUT2D eigenvalue weighted by molar-refractivity contribution is -0.115. The lowest BCUT2D eigenvalue weighted by Gasteiger charge is -2.02. The largest absolute Gasteiger partial charge is 0.492 e. The van der Waals surface area contributed by atoms with Gasteiger partial charge in [0.25, 0.3) is 0 Å². The van der Waals surface area contributed by atoms with Crippen LogP contribution in [0.1, 0.15) is 11.8 Å². The predicted octanol–water partition coefficient (Wildman–Crippen LogP) is 3.94. The van der Waals surface area contributed by atoms with Gasteiger partial charge in [-0.15, -0.1) is 11.3 Å². The van der Waals surface area contributed by atoms with Crippen molar-refractivity contribution in [3.05, 3.63) is 40.6 Å². The molecule has 1 aromatic carbocycles. The summed E-state index contributed by atoms with van der Waals surface area (Å²) in [6.45, 7) is 2.53. The highest BCUT2D eigenvalue weighted by atomic mass is 32.1. The number of ether oxygens (including phenoxy) is 1. The van der Waals surface area contributed by atoms with Crippen molar-refractivity contribution in [3.63, 3.8) is 0 Å². The second kappa shape index (κ2) is 6.24. The fourth-order valence-corrected chi connectivity index (χ4v) is 3.59. The van der Waals surface area contributed by atoms with Crippen LogP contribution < -0.4 is 10.1 Å². The van der Waals surface area contributed by atoms with E-state index in [0.29, 0.717) is 18.2 Å². The molecule has 1 amide bonds. The third-order valence-corrected chi connectivity index (χ3v) is 4.66. The Balaban J connectivity index is 1.78. The van der Waals surface area contributed by atoms with Crippen LogP contribution in [-0.4, -0.2) is 17.5 Å². The van der Waals surface area contributed by atoms with Crippen LogP contribution in [0.4, 0.5) is 5.13 Å². The molecule has 2 heterocycles. The summed E-state index contributed by atoms with van der Waals surface area (Å²) in [4.78, 5) is 17.5. The first-order valence-corrected chi connectivity index (χ1v) is 8.30. The molecule has 0 fully saturated rings. The standard InChI is InChI=1S/C15H14N2O2S2/c1-2-19-11-6-3-7-12-14(11)17-15(21-12)16-13(18)9-10-5-4-8-20-10/h3-8H,2,9H2,1H3,(H,16,17,18). The molecule has 0 aliphatic heterocycles. The van der Waals surface area contributed by atoms with Gasteiger partial charge < -0.3 is 10.1 Å². The van der Waals surface area contributed by atoms with Gasteiger partial charge in [-0.25, -0.2) is 4.98 Å². The van der Waals surface area contributed by atoms with Crippen molar-refractivity contribution in [1.29, 1.82) is 0 Å². The number of hydrogen-bond donors (Lipinski definition) is 1. The number of anilines is 1. The van der Waals surface area contributed by atoms with Crippen molar-refractivity contribution in [2.24, 2.45) is 0 Å². The topological polar surface area (TPSA) is 51.2 Å². The fraction of sp³-hybridized carbons (Fsp3) is 0.200. The van der Waals surface area contributed by atoms with Gasteiger partial charge in [0.05, 0.1) is 17.7 Å².